The SMILES string of the molecule is Cc1cccc(N2CCN(C(=O)NCCCC(C)(C)CO)CC2)c1. The molecule has 0 bridgehead atoms. The molecule has 2 amide bonds. The van der Waals surface area contributed by atoms with E-state index in [0.29, 0.717) is 6.54 Å². The third kappa shape index (κ3) is 5.41. The van der Waals surface area contributed by atoms with Gasteiger partial charge in [0.2, 0.25) is 0 Å². The minimum Gasteiger partial charge on any atom is -0.396 e. The first-order valence-corrected chi connectivity index (χ1v) is 8.86. The van der Waals surface area contributed by atoms with E-state index in [1.54, 1.807) is 0 Å². The predicted molar refractivity (Wildman–Crippen MR) is 98.5 cm³/mol. The molecule has 1 aliphatic heterocycles. The van der Waals surface area contributed by atoms with E-state index in [-0.39, 0.29) is 18.1 Å². The topological polar surface area (TPSA) is 55.8 Å². The highest BCUT2D eigenvalue weighted by Gasteiger charge is 2.21. The van der Waals surface area contributed by atoms with Gasteiger partial charge in [0.05, 0.1) is 0 Å². The van der Waals surface area contributed by atoms with Gasteiger partial charge in [-0.05, 0) is 42.9 Å². The molecule has 1 aromatic carbocycles. The molecule has 0 aliphatic carbocycles. The zero-order chi connectivity index (χ0) is 17.6. The smallest absolute Gasteiger partial charge is 0.317 e. The minimum atomic E-state index is -0.0653. The van der Waals surface area contributed by atoms with Gasteiger partial charge in [0.1, 0.15) is 0 Å². The zero-order valence-corrected chi connectivity index (χ0v) is 15.2. The number of piperazine rings is 1. The van der Waals surface area contributed by atoms with Gasteiger partial charge >= 0.3 is 6.03 Å². The van der Waals surface area contributed by atoms with Gasteiger partial charge in [0.15, 0.2) is 0 Å². The molecular weight excluding hydrogens is 302 g/mol. The molecule has 1 heterocycles. The molecule has 24 heavy (non-hydrogen) atoms. The van der Waals surface area contributed by atoms with Crippen LogP contribution in [0.1, 0.15) is 32.3 Å². The number of anilines is 1. The van der Waals surface area contributed by atoms with E-state index in [1.807, 2.05) is 18.7 Å². The van der Waals surface area contributed by atoms with Crippen molar-refractivity contribution in [3.8, 4) is 0 Å². The normalized spacial score (nSPS) is 15.5. The Balaban J connectivity index is 1.71. The number of aliphatic hydroxyl groups excluding tert-OH is 1. The van der Waals surface area contributed by atoms with Crippen LogP contribution >= 0.6 is 0 Å². The molecule has 5 heteroatoms. The fraction of sp³-hybridized carbons (Fsp3) is 0.632. The Morgan fingerprint density at radius 3 is 2.58 bits per heavy atom. The van der Waals surface area contributed by atoms with Crippen molar-refractivity contribution in [1.29, 1.82) is 0 Å². The average Bonchev–Trinajstić information content (AvgIpc) is 2.59. The van der Waals surface area contributed by atoms with Crippen LogP contribution in [0.5, 0.6) is 0 Å². The lowest BCUT2D eigenvalue weighted by molar-refractivity contribution is 0.147. The lowest BCUT2D eigenvalue weighted by Gasteiger charge is -2.36. The van der Waals surface area contributed by atoms with Crippen molar-refractivity contribution in [3.63, 3.8) is 0 Å². The number of amides is 2. The highest BCUT2D eigenvalue weighted by molar-refractivity contribution is 5.74. The summed E-state index contributed by atoms with van der Waals surface area (Å²) in [6, 6.07) is 8.54. The van der Waals surface area contributed by atoms with E-state index in [2.05, 4.69) is 41.4 Å². The highest BCUT2D eigenvalue weighted by atomic mass is 16.3. The number of benzene rings is 1. The van der Waals surface area contributed by atoms with Crippen LogP contribution in [0, 0.1) is 12.3 Å². The summed E-state index contributed by atoms with van der Waals surface area (Å²) >= 11 is 0. The maximum Gasteiger partial charge on any atom is 0.317 e. The Kier molecular flexibility index (Phi) is 6.49. The summed E-state index contributed by atoms with van der Waals surface area (Å²) < 4.78 is 0. The number of carbonyl (C=O) groups excluding carboxylic acids is 1. The van der Waals surface area contributed by atoms with Gasteiger partial charge in [-0.2, -0.15) is 0 Å². The van der Waals surface area contributed by atoms with E-state index >= 15 is 0 Å². The molecule has 0 atom stereocenters. The summed E-state index contributed by atoms with van der Waals surface area (Å²) in [6.45, 7) is 10.3. The number of hydrogen-bond acceptors (Lipinski definition) is 3. The van der Waals surface area contributed by atoms with Crippen molar-refractivity contribution in [2.24, 2.45) is 5.41 Å². The standard InChI is InChI=1S/C19H31N3O2/c1-16-6-4-7-17(14-16)21-10-12-22(13-11-21)18(24)20-9-5-8-19(2,3)15-23/h4,6-7,14,23H,5,8-13,15H2,1-3H3,(H,20,24). The first kappa shape index (κ1) is 18.6. The second-order valence-corrected chi connectivity index (χ2v) is 7.47. The molecular formula is C19H31N3O2. The number of nitrogens with one attached hydrogen (secondary N) is 1. The van der Waals surface area contributed by atoms with Gasteiger partial charge in [-0.25, -0.2) is 4.79 Å². The summed E-state index contributed by atoms with van der Waals surface area (Å²) in [4.78, 5) is 16.5. The van der Waals surface area contributed by atoms with E-state index < -0.39 is 0 Å². The van der Waals surface area contributed by atoms with E-state index in [1.165, 1.54) is 11.3 Å². The van der Waals surface area contributed by atoms with Gasteiger partial charge in [-0.3, -0.25) is 0 Å². The first-order valence-electron chi connectivity index (χ1n) is 8.86. The third-order valence-corrected chi connectivity index (χ3v) is 4.67. The summed E-state index contributed by atoms with van der Waals surface area (Å²) in [5, 5.41) is 12.2. The maximum atomic E-state index is 12.2. The molecule has 1 fully saturated rings. The van der Waals surface area contributed by atoms with Crippen LogP contribution in [0.25, 0.3) is 0 Å². The summed E-state index contributed by atoms with van der Waals surface area (Å²) in [5.74, 6) is 0. The molecule has 1 aromatic rings. The third-order valence-electron chi connectivity index (χ3n) is 4.67. The van der Waals surface area contributed by atoms with Crippen molar-refractivity contribution in [2.75, 3.05) is 44.2 Å². The molecule has 0 radical (unpaired) electrons. The lowest BCUT2D eigenvalue weighted by Crippen LogP contribution is -2.52. The zero-order valence-electron chi connectivity index (χ0n) is 15.2. The van der Waals surface area contributed by atoms with Crippen LogP contribution in [-0.2, 0) is 0 Å². The highest BCUT2D eigenvalue weighted by Crippen LogP contribution is 2.20. The average molecular weight is 333 g/mol. The van der Waals surface area contributed by atoms with E-state index in [4.69, 9.17) is 0 Å². The second kappa shape index (κ2) is 8.38. The molecule has 2 rings (SSSR count). The summed E-state index contributed by atoms with van der Waals surface area (Å²) in [6.07, 6.45) is 1.80. The monoisotopic (exact) mass is 333 g/mol. The van der Waals surface area contributed by atoms with Crippen LogP contribution in [0.2, 0.25) is 0 Å². The van der Waals surface area contributed by atoms with E-state index in [9.17, 15) is 9.90 Å². The molecule has 134 valence electrons. The first-order chi connectivity index (χ1) is 11.4. The maximum absolute atomic E-state index is 12.2. The lowest BCUT2D eigenvalue weighted by atomic mass is 9.89. The van der Waals surface area contributed by atoms with Crippen molar-refractivity contribution < 1.29 is 9.90 Å². The number of hydrogen-bond donors (Lipinski definition) is 2. The molecule has 5 nitrogen and oxygen atoms in total. The Labute approximate surface area is 145 Å². The van der Waals surface area contributed by atoms with E-state index in [0.717, 1.165) is 39.0 Å². The second-order valence-electron chi connectivity index (χ2n) is 7.47. The number of carbonyl (C=O) groups is 1. The Hall–Kier alpha value is -1.75. The Morgan fingerprint density at radius 1 is 1.25 bits per heavy atom. The largest absolute Gasteiger partial charge is 0.396 e. The van der Waals surface area contributed by atoms with Crippen molar-refractivity contribution >= 4 is 11.7 Å². The quantitative estimate of drug-likeness (QED) is 0.787. The fourth-order valence-electron chi connectivity index (χ4n) is 2.95. The summed E-state index contributed by atoms with van der Waals surface area (Å²) in [7, 11) is 0. The van der Waals surface area contributed by atoms with Crippen LogP contribution in [0.15, 0.2) is 24.3 Å². The number of aliphatic hydroxyl groups is 1. The van der Waals surface area contributed by atoms with Crippen LogP contribution in [-0.4, -0.2) is 55.4 Å². The number of nitrogens with zero attached hydrogens (tertiary/aromatic N) is 2. The van der Waals surface area contributed by atoms with Gasteiger partial charge in [-0.15, -0.1) is 0 Å². The Morgan fingerprint density at radius 2 is 1.96 bits per heavy atom. The number of rotatable bonds is 6. The van der Waals surface area contributed by atoms with Crippen molar-refractivity contribution in [2.45, 2.75) is 33.6 Å². The van der Waals surface area contributed by atoms with Gasteiger partial charge in [0, 0.05) is 45.0 Å². The molecule has 1 saturated heterocycles. The van der Waals surface area contributed by atoms with Gasteiger partial charge in [0.25, 0.3) is 0 Å². The molecule has 0 aromatic heterocycles. The number of aryl methyl sites for hydroxylation is 1. The van der Waals surface area contributed by atoms with Gasteiger partial charge in [-0.1, -0.05) is 26.0 Å². The molecule has 0 spiro atoms. The van der Waals surface area contributed by atoms with Crippen molar-refractivity contribution in [1.82, 2.24) is 10.2 Å². The predicted octanol–water partition coefficient (Wildman–Crippen LogP) is 2.63. The van der Waals surface area contributed by atoms with Crippen molar-refractivity contribution in [3.05, 3.63) is 29.8 Å². The van der Waals surface area contributed by atoms with Crippen LogP contribution < -0.4 is 10.2 Å². The Bertz CT molecular complexity index is 537. The minimum absolute atomic E-state index is 0.0284. The molecule has 0 saturated carbocycles. The van der Waals surface area contributed by atoms with Crippen LogP contribution in [0.4, 0.5) is 10.5 Å². The summed E-state index contributed by atoms with van der Waals surface area (Å²) in [5.41, 5.74) is 2.43. The fourth-order valence-corrected chi connectivity index (χ4v) is 2.95. The van der Waals surface area contributed by atoms with Crippen LogP contribution in [0.3, 0.4) is 0 Å². The number of urea groups is 1. The van der Waals surface area contributed by atoms with Gasteiger partial charge < -0.3 is 20.2 Å². The molecule has 0 unspecified atom stereocenters. The molecule has 1 aliphatic rings. The molecule has 2 N–H and O–H groups in total.